The van der Waals surface area contributed by atoms with Crippen LogP contribution in [0.5, 0.6) is 0 Å². The third kappa shape index (κ3) is 2.73. The lowest BCUT2D eigenvalue weighted by molar-refractivity contribution is 0.281. The number of aliphatic hydroxyl groups is 1. The molecule has 5 heteroatoms. The quantitative estimate of drug-likeness (QED) is 0.494. The van der Waals surface area contributed by atoms with E-state index in [-0.39, 0.29) is 6.61 Å². The average Bonchev–Trinajstić information content (AvgIpc) is 2.16. The smallest absolute Gasteiger partial charge is 0.0682 e. The standard InChI is InChI=1S/C8H8BrN3O/c9-8-3-6(5-13)1-2-7(8)4-11-12-10/h1-3,13H,4-5H2. The highest BCUT2D eigenvalue weighted by molar-refractivity contribution is 9.10. The highest BCUT2D eigenvalue weighted by Crippen LogP contribution is 2.19. The van der Waals surface area contributed by atoms with Crippen molar-refractivity contribution < 1.29 is 5.11 Å². The molecule has 1 N–H and O–H groups in total. The van der Waals surface area contributed by atoms with Crippen LogP contribution in [0.4, 0.5) is 0 Å². The van der Waals surface area contributed by atoms with E-state index in [2.05, 4.69) is 26.0 Å². The second kappa shape index (κ2) is 4.87. The number of benzene rings is 1. The Bertz CT molecular complexity index is 347. The van der Waals surface area contributed by atoms with Crippen molar-refractivity contribution in [1.29, 1.82) is 0 Å². The van der Waals surface area contributed by atoms with E-state index in [9.17, 15) is 0 Å². The van der Waals surface area contributed by atoms with E-state index in [1.807, 2.05) is 12.1 Å². The molecule has 0 amide bonds. The van der Waals surface area contributed by atoms with Gasteiger partial charge in [0.2, 0.25) is 0 Å². The second-order valence-corrected chi connectivity index (χ2v) is 3.33. The summed E-state index contributed by atoms with van der Waals surface area (Å²) >= 11 is 3.32. The number of aliphatic hydroxyl groups excluding tert-OH is 1. The highest BCUT2D eigenvalue weighted by Gasteiger charge is 1.99. The van der Waals surface area contributed by atoms with Gasteiger partial charge in [-0.3, -0.25) is 0 Å². The predicted octanol–water partition coefficient (Wildman–Crippen LogP) is 2.75. The van der Waals surface area contributed by atoms with Crippen molar-refractivity contribution in [3.05, 3.63) is 44.2 Å². The Kier molecular flexibility index (Phi) is 3.76. The molecule has 0 saturated heterocycles. The first kappa shape index (κ1) is 10.1. The SMILES string of the molecule is [N-]=[N+]=NCc1ccc(CO)cc1Br. The molecule has 0 aliphatic heterocycles. The molecule has 0 radical (unpaired) electrons. The molecule has 0 aliphatic rings. The highest BCUT2D eigenvalue weighted by atomic mass is 79.9. The van der Waals surface area contributed by atoms with Crippen LogP contribution < -0.4 is 0 Å². The van der Waals surface area contributed by atoms with Crippen molar-refractivity contribution in [3.8, 4) is 0 Å². The van der Waals surface area contributed by atoms with E-state index >= 15 is 0 Å². The first-order chi connectivity index (χ1) is 6.27. The first-order valence-corrected chi connectivity index (χ1v) is 4.46. The van der Waals surface area contributed by atoms with Gasteiger partial charge in [-0.15, -0.1) is 0 Å². The summed E-state index contributed by atoms with van der Waals surface area (Å²) in [5, 5.41) is 12.3. The van der Waals surface area contributed by atoms with Gasteiger partial charge in [-0.25, -0.2) is 0 Å². The summed E-state index contributed by atoms with van der Waals surface area (Å²) in [6.07, 6.45) is 0. The third-order valence-corrected chi connectivity index (χ3v) is 2.34. The van der Waals surface area contributed by atoms with Crippen molar-refractivity contribution in [2.24, 2.45) is 5.11 Å². The van der Waals surface area contributed by atoms with Gasteiger partial charge < -0.3 is 5.11 Å². The molecule has 4 nitrogen and oxygen atoms in total. The molecule has 0 spiro atoms. The van der Waals surface area contributed by atoms with E-state index < -0.39 is 0 Å². The maximum absolute atomic E-state index is 8.83. The molecule has 1 rings (SSSR count). The van der Waals surface area contributed by atoms with Gasteiger partial charge >= 0.3 is 0 Å². The van der Waals surface area contributed by atoms with Gasteiger partial charge in [0, 0.05) is 9.38 Å². The molecule has 1 aromatic rings. The molecule has 0 saturated carbocycles. The molecule has 0 bridgehead atoms. The van der Waals surface area contributed by atoms with Crippen molar-refractivity contribution in [3.63, 3.8) is 0 Å². The van der Waals surface area contributed by atoms with Crippen LogP contribution >= 0.6 is 15.9 Å². The number of azide groups is 1. The van der Waals surface area contributed by atoms with Crippen LogP contribution in [0.1, 0.15) is 11.1 Å². The fourth-order valence-electron chi connectivity index (χ4n) is 0.925. The molecule has 0 heterocycles. The lowest BCUT2D eigenvalue weighted by atomic mass is 10.1. The maximum Gasteiger partial charge on any atom is 0.0682 e. The largest absolute Gasteiger partial charge is 0.392 e. The Labute approximate surface area is 84.0 Å². The number of nitrogens with zero attached hydrogens (tertiary/aromatic N) is 3. The summed E-state index contributed by atoms with van der Waals surface area (Å²) in [5.41, 5.74) is 9.86. The predicted molar refractivity (Wildman–Crippen MR) is 52.9 cm³/mol. The number of rotatable bonds is 3. The van der Waals surface area contributed by atoms with Gasteiger partial charge in [0.1, 0.15) is 0 Å². The van der Waals surface area contributed by atoms with Crippen LogP contribution in [0.3, 0.4) is 0 Å². The minimum absolute atomic E-state index is 0.0143. The fraction of sp³-hybridized carbons (Fsp3) is 0.250. The minimum atomic E-state index is 0.0143. The lowest BCUT2D eigenvalue weighted by Crippen LogP contribution is -1.87. The van der Waals surface area contributed by atoms with Crippen molar-refractivity contribution >= 4 is 15.9 Å². The Hall–Kier alpha value is -1.03. The van der Waals surface area contributed by atoms with E-state index in [0.29, 0.717) is 6.54 Å². The normalized spacial score (nSPS) is 9.38. The summed E-state index contributed by atoms with van der Waals surface area (Å²) < 4.78 is 0.853. The van der Waals surface area contributed by atoms with Gasteiger partial charge in [-0.2, -0.15) is 0 Å². The van der Waals surface area contributed by atoms with E-state index in [1.54, 1.807) is 6.07 Å². The van der Waals surface area contributed by atoms with Crippen molar-refractivity contribution in [2.45, 2.75) is 13.2 Å². The molecule has 0 atom stereocenters. The summed E-state index contributed by atoms with van der Waals surface area (Å²) in [7, 11) is 0. The van der Waals surface area contributed by atoms with E-state index in [1.165, 1.54) is 0 Å². The molecule has 0 fully saturated rings. The molecule has 13 heavy (non-hydrogen) atoms. The van der Waals surface area contributed by atoms with Crippen LogP contribution in [0.2, 0.25) is 0 Å². The van der Waals surface area contributed by atoms with Crippen LogP contribution in [-0.2, 0) is 13.2 Å². The molecule has 68 valence electrons. The van der Waals surface area contributed by atoms with Crippen molar-refractivity contribution in [1.82, 2.24) is 0 Å². The van der Waals surface area contributed by atoms with E-state index in [0.717, 1.165) is 15.6 Å². The molecule has 0 aliphatic carbocycles. The molecule has 0 aromatic heterocycles. The van der Waals surface area contributed by atoms with Crippen LogP contribution in [-0.4, -0.2) is 5.11 Å². The van der Waals surface area contributed by atoms with Gasteiger partial charge in [0.15, 0.2) is 0 Å². The Balaban J connectivity index is 2.91. The van der Waals surface area contributed by atoms with Gasteiger partial charge in [0.25, 0.3) is 0 Å². The van der Waals surface area contributed by atoms with Crippen LogP contribution in [0, 0.1) is 0 Å². The summed E-state index contributed by atoms with van der Waals surface area (Å²) in [4.78, 5) is 2.67. The van der Waals surface area contributed by atoms with Crippen molar-refractivity contribution in [2.75, 3.05) is 0 Å². The second-order valence-electron chi connectivity index (χ2n) is 2.47. The zero-order chi connectivity index (χ0) is 9.68. The molecule has 1 aromatic carbocycles. The number of halogens is 1. The number of hydrogen-bond donors (Lipinski definition) is 1. The zero-order valence-electron chi connectivity index (χ0n) is 6.81. The lowest BCUT2D eigenvalue weighted by Gasteiger charge is -2.02. The Morgan fingerprint density at radius 2 is 2.31 bits per heavy atom. The van der Waals surface area contributed by atoms with Gasteiger partial charge in [-0.1, -0.05) is 33.2 Å². The average molecular weight is 242 g/mol. The topological polar surface area (TPSA) is 69.0 Å². The van der Waals surface area contributed by atoms with Gasteiger partial charge in [0.05, 0.1) is 13.2 Å². The number of hydrogen-bond acceptors (Lipinski definition) is 2. The fourth-order valence-corrected chi connectivity index (χ4v) is 1.48. The molecular weight excluding hydrogens is 234 g/mol. The summed E-state index contributed by atoms with van der Waals surface area (Å²) in [5.74, 6) is 0. The third-order valence-electron chi connectivity index (χ3n) is 1.60. The maximum atomic E-state index is 8.83. The monoisotopic (exact) mass is 241 g/mol. The summed E-state index contributed by atoms with van der Waals surface area (Å²) in [6.45, 7) is 0.336. The molecule has 0 unspecified atom stereocenters. The summed E-state index contributed by atoms with van der Waals surface area (Å²) in [6, 6.07) is 5.43. The molecular formula is C8H8BrN3O. The Morgan fingerprint density at radius 3 is 2.85 bits per heavy atom. The van der Waals surface area contributed by atoms with Gasteiger partial charge in [-0.05, 0) is 22.7 Å². The van der Waals surface area contributed by atoms with E-state index in [4.69, 9.17) is 10.6 Å². The Morgan fingerprint density at radius 1 is 1.54 bits per heavy atom. The zero-order valence-corrected chi connectivity index (χ0v) is 8.40. The van der Waals surface area contributed by atoms with Crippen LogP contribution in [0.25, 0.3) is 10.4 Å². The van der Waals surface area contributed by atoms with Crippen LogP contribution in [0.15, 0.2) is 27.8 Å². The minimum Gasteiger partial charge on any atom is -0.392 e. The first-order valence-electron chi connectivity index (χ1n) is 3.67.